The molecule has 0 radical (unpaired) electrons. The Bertz CT molecular complexity index is 757. The molecule has 1 heterocycles. The Morgan fingerprint density at radius 2 is 1.96 bits per heavy atom. The van der Waals surface area contributed by atoms with Crippen molar-refractivity contribution in [2.45, 2.75) is 47.0 Å². The van der Waals surface area contributed by atoms with E-state index in [4.69, 9.17) is 11.6 Å². The minimum Gasteiger partial charge on any atom is -0.481 e. The fourth-order valence-electron chi connectivity index (χ4n) is 3.21. The molecule has 2 rings (SSSR count). The van der Waals surface area contributed by atoms with Gasteiger partial charge >= 0.3 is 5.97 Å². The monoisotopic (exact) mass is 394 g/mol. The molecule has 1 aromatic carbocycles. The van der Waals surface area contributed by atoms with Gasteiger partial charge in [-0.1, -0.05) is 32.4 Å². The highest BCUT2D eigenvalue weighted by atomic mass is 35.5. The number of hydrogen-bond donors (Lipinski definition) is 2. The minimum absolute atomic E-state index is 0.137. The molecule has 148 valence electrons. The molecule has 0 spiro atoms. The number of amides is 2. The van der Waals surface area contributed by atoms with E-state index in [0.29, 0.717) is 31.5 Å². The van der Waals surface area contributed by atoms with Crippen molar-refractivity contribution in [3.63, 3.8) is 0 Å². The zero-order valence-corrected chi connectivity index (χ0v) is 17.0. The summed E-state index contributed by atoms with van der Waals surface area (Å²) >= 11 is 6.21. The van der Waals surface area contributed by atoms with Crippen molar-refractivity contribution >= 4 is 35.1 Å². The molecule has 1 aliphatic rings. The summed E-state index contributed by atoms with van der Waals surface area (Å²) in [5, 5.41) is 12.5. The topological polar surface area (TPSA) is 86.7 Å². The lowest BCUT2D eigenvalue weighted by Crippen LogP contribution is -2.48. The summed E-state index contributed by atoms with van der Waals surface area (Å²) in [7, 11) is 0. The van der Waals surface area contributed by atoms with Crippen LogP contribution in [0.2, 0.25) is 5.02 Å². The van der Waals surface area contributed by atoms with Crippen LogP contribution in [0.25, 0.3) is 0 Å². The van der Waals surface area contributed by atoms with Crippen LogP contribution in [0, 0.1) is 10.8 Å². The normalized spacial score (nSPS) is 20.3. The van der Waals surface area contributed by atoms with Crippen LogP contribution in [0.15, 0.2) is 18.2 Å². The molecular weight excluding hydrogens is 368 g/mol. The predicted octanol–water partition coefficient (Wildman–Crippen LogP) is 4.04. The van der Waals surface area contributed by atoms with Gasteiger partial charge in [-0.15, -0.1) is 0 Å². The van der Waals surface area contributed by atoms with E-state index in [1.54, 1.807) is 25.1 Å². The summed E-state index contributed by atoms with van der Waals surface area (Å²) in [5.74, 6) is -1.37. The van der Waals surface area contributed by atoms with Gasteiger partial charge in [0.15, 0.2) is 0 Å². The second-order valence-electron chi connectivity index (χ2n) is 8.68. The quantitative estimate of drug-likeness (QED) is 0.806. The number of rotatable bonds is 4. The number of benzene rings is 1. The largest absolute Gasteiger partial charge is 0.481 e. The molecule has 0 aliphatic carbocycles. The number of nitrogens with one attached hydrogen (secondary N) is 1. The number of hydrogen-bond acceptors (Lipinski definition) is 3. The van der Waals surface area contributed by atoms with Gasteiger partial charge in [0, 0.05) is 25.2 Å². The van der Waals surface area contributed by atoms with Gasteiger partial charge in [0.05, 0.1) is 16.0 Å². The fraction of sp³-hybridized carbons (Fsp3) is 0.550. The number of nitrogens with zero attached hydrogens (tertiary/aromatic N) is 1. The molecule has 1 unspecified atom stereocenters. The molecule has 0 aromatic heterocycles. The van der Waals surface area contributed by atoms with Gasteiger partial charge in [0.2, 0.25) is 5.91 Å². The first-order valence-corrected chi connectivity index (χ1v) is 9.41. The average molecular weight is 395 g/mol. The maximum absolute atomic E-state index is 12.9. The Balaban J connectivity index is 2.19. The van der Waals surface area contributed by atoms with Crippen molar-refractivity contribution < 1.29 is 19.5 Å². The van der Waals surface area contributed by atoms with E-state index in [1.807, 2.05) is 20.8 Å². The van der Waals surface area contributed by atoms with E-state index in [-0.39, 0.29) is 34.4 Å². The van der Waals surface area contributed by atoms with Crippen molar-refractivity contribution in [2.75, 3.05) is 18.4 Å². The molecule has 1 fully saturated rings. The van der Waals surface area contributed by atoms with Crippen molar-refractivity contribution in [1.29, 1.82) is 0 Å². The Hall–Kier alpha value is -2.08. The molecule has 2 amide bonds. The molecule has 2 N–H and O–H groups in total. The van der Waals surface area contributed by atoms with Gasteiger partial charge in [-0.25, -0.2) is 0 Å². The first kappa shape index (κ1) is 21.2. The van der Waals surface area contributed by atoms with Crippen molar-refractivity contribution in [2.24, 2.45) is 10.8 Å². The van der Waals surface area contributed by atoms with E-state index in [2.05, 4.69) is 5.32 Å². The maximum Gasteiger partial charge on any atom is 0.311 e. The fourth-order valence-corrected chi connectivity index (χ4v) is 3.41. The highest BCUT2D eigenvalue weighted by Gasteiger charge is 2.39. The highest BCUT2D eigenvalue weighted by molar-refractivity contribution is 6.34. The Kier molecular flexibility index (Phi) is 6.20. The van der Waals surface area contributed by atoms with Crippen LogP contribution < -0.4 is 5.32 Å². The molecule has 0 saturated carbocycles. The number of halogens is 1. The number of aliphatic carboxylic acids is 1. The zero-order chi connectivity index (χ0) is 20.4. The van der Waals surface area contributed by atoms with Crippen molar-refractivity contribution in [3.05, 3.63) is 28.8 Å². The van der Waals surface area contributed by atoms with Crippen LogP contribution in [0.3, 0.4) is 0 Å². The van der Waals surface area contributed by atoms with Crippen LogP contribution in [0.4, 0.5) is 5.69 Å². The van der Waals surface area contributed by atoms with Gasteiger partial charge in [0.25, 0.3) is 5.91 Å². The van der Waals surface area contributed by atoms with Gasteiger partial charge < -0.3 is 15.3 Å². The first-order valence-electron chi connectivity index (χ1n) is 9.03. The third-order valence-corrected chi connectivity index (χ3v) is 5.00. The summed E-state index contributed by atoms with van der Waals surface area (Å²) in [6.45, 7) is 8.19. The summed E-state index contributed by atoms with van der Waals surface area (Å²) < 4.78 is 0. The SMILES string of the molecule is CC(C)(C)CC(=O)Nc1ccc(Cl)c(C(=O)N2CCCC(C)(C(=O)O)C2)c1. The van der Waals surface area contributed by atoms with Gasteiger partial charge in [0.1, 0.15) is 0 Å². The van der Waals surface area contributed by atoms with Crippen molar-refractivity contribution in [3.8, 4) is 0 Å². The average Bonchev–Trinajstić information content (AvgIpc) is 2.54. The predicted molar refractivity (Wildman–Crippen MR) is 105 cm³/mol. The number of carbonyl (C=O) groups excluding carboxylic acids is 2. The molecule has 1 atom stereocenters. The summed E-state index contributed by atoms with van der Waals surface area (Å²) in [6, 6.07) is 4.77. The molecule has 1 saturated heterocycles. The standard InChI is InChI=1S/C20H27ClN2O4/c1-19(2,3)11-16(24)22-13-6-7-15(21)14(10-13)17(25)23-9-5-8-20(4,12-23)18(26)27/h6-7,10H,5,8-9,11-12H2,1-4H3,(H,22,24)(H,26,27). The lowest BCUT2D eigenvalue weighted by molar-refractivity contribution is -0.150. The molecule has 1 aliphatic heterocycles. The van der Waals surface area contributed by atoms with E-state index in [1.165, 1.54) is 4.90 Å². The zero-order valence-electron chi connectivity index (χ0n) is 16.3. The van der Waals surface area contributed by atoms with E-state index in [9.17, 15) is 19.5 Å². The number of piperidine rings is 1. The molecule has 6 nitrogen and oxygen atoms in total. The van der Waals surface area contributed by atoms with E-state index >= 15 is 0 Å². The summed E-state index contributed by atoms with van der Waals surface area (Å²) in [6.07, 6.45) is 1.50. The maximum atomic E-state index is 12.9. The number of likely N-dealkylation sites (tertiary alicyclic amines) is 1. The highest BCUT2D eigenvalue weighted by Crippen LogP contribution is 2.32. The summed E-state index contributed by atoms with van der Waals surface area (Å²) in [5.41, 5.74) is -0.349. The Morgan fingerprint density at radius 1 is 1.30 bits per heavy atom. The van der Waals surface area contributed by atoms with E-state index in [0.717, 1.165) is 0 Å². The Morgan fingerprint density at radius 3 is 2.56 bits per heavy atom. The summed E-state index contributed by atoms with van der Waals surface area (Å²) in [4.78, 5) is 38.1. The molecule has 0 bridgehead atoms. The van der Waals surface area contributed by atoms with Gasteiger partial charge in [-0.2, -0.15) is 0 Å². The van der Waals surface area contributed by atoms with Crippen LogP contribution >= 0.6 is 11.6 Å². The van der Waals surface area contributed by atoms with Crippen LogP contribution in [-0.4, -0.2) is 40.9 Å². The number of anilines is 1. The number of carboxylic acid groups (broad SMARTS) is 1. The molecular formula is C20H27ClN2O4. The number of carbonyl (C=O) groups is 3. The first-order chi connectivity index (χ1) is 12.4. The third kappa shape index (κ3) is 5.45. The van der Waals surface area contributed by atoms with Gasteiger partial charge in [-0.05, 0) is 43.4 Å². The van der Waals surface area contributed by atoms with Crippen LogP contribution in [0.5, 0.6) is 0 Å². The lowest BCUT2D eigenvalue weighted by Gasteiger charge is -2.37. The smallest absolute Gasteiger partial charge is 0.311 e. The van der Waals surface area contributed by atoms with Crippen molar-refractivity contribution in [1.82, 2.24) is 4.90 Å². The lowest BCUT2D eigenvalue weighted by atomic mass is 9.82. The Labute approximate surface area is 164 Å². The second kappa shape index (κ2) is 7.89. The number of carboxylic acids is 1. The van der Waals surface area contributed by atoms with Crippen LogP contribution in [0.1, 0.15) is 57.3 Å². The molecule has 1 aromatic rings. The minimum atomic E-state index is -0.959. The van der Waals surface area contributed by atoms with Crippen LogP contribution in [-0.2, 0) is 9.59 Å². The second-order valence-corrected chi connectivity index (χ2v) is 9.08. The third-order valence-electron chi connectivity index (χ3n) is 4.67. The molecule has 7 heteroatoms. The molecule has 27 heavy (non-hydrogen) atoms. The van der Waals surface area contributed by atoms with E-state index < -0.39 is 11.4 Å². The van der Waals surface area contributed by atoms with Gasteiger partial charge in [-0.3, -0.25) is 14.4 Å².